The van der Waals surface area contributed by atoms with E-state index in [0.717, 1.165) is 18.5 Å². The van der Waals surface area contributed by atoms with Gasteiger partial charge in [-0.3, -0.25) is 4.79 Å². The minimum atomic E-state index is -0.0912. The Balaban J connectivity index is 1.64. The fourth-order valence-corrected chi connectivity index (χ4v) is 3.22. The van der Waals surface area contributed by atoms with Crippen molar-refractivity contribution in [3.05, 3.63) is 40.4 Å². The zero-order valence-electron chi connectivity index (χ0n) is 12.0. The number of aromatic nitrogens is 2. The third-order valence-electron chi connectivity index (χ3n) is 4.41. The summed E-state index contributed by atoms with van der Waals surface area (Å²) in [6.45, 7) is 1.69. The van der Waals surface area contributed by atoms with Crippen molar-refractivity contribution in [2.75, 3.05) is 13.2 Å². The first kappa shape index (κ1) is 14.2. The van der Waals surface area contributed by atoms with Crippen molar-refractivity contribution in [1.29, 1.82) is 0 Å². The molecule has 0 amide bonds. The Hall–Kier alpha value is -1.72. The van der Waals surface area contributed by atoms with E-state index in [-0.39, 0.29) is 12.2 Å². The van der Waals surface area contributed by atoms with Crippen LogP contribution in [0.3, 0.4) is 0 Å². The second-order valence-electron chi connectivity index (χ2n) is 5.79. The lowest BCUT2D eigenvalue weighted by atomic mass is 9.97. The minimum absolute atomic E-state index is 0.0912. The van der Waals surface area contributed by atoms with Crippen molar-refractivity contribution in [2.24, 2.45) is 11.8 Å². The van der Waals surface area contributed by atoms with E-state index in [1.165, 1.54) is 12.8 Å². The molecule has 2 unspecified atom stereocenters. The van der Waals surface area contributed by atoms with Gasteiger partial charge in [0.05, 0.1) is 17.4 Å². The van der Waals surface area contributed by atoms with Crippen LogP contribution in [0.15, 0.2) is 29.1 Å². The molecule has 1 heterocycles. The van der Waals surface area contributed by atoms with Gasteiger partial charge in [0.25, 0.3) is 5.56 Å². The van der Waals surface area contributed by atoms with Crippen LogP contribution in [-0.4, -0.2) is 28.2 Å². The second kappa shape index (κ2) is 6.37. The topological polar surface area (TPSA) is 78.0 Å². The first-order valence-electron chi connectivity index (χ1n) is 7.57. The summed E-state index contributed by atoms with van der Waals surface area (Å²) < 4.78 is 0. The molecular weight excluding hydrogens is 266 g/mol. The molecule has 3 N–H and O–H groups in total. The largest absolute Gasteiger partial charge is 0.396 e. The molecule has 0 spiro atoms. The Morgan fingerprint density at radius 2 is 2.10 bits per heavy atom. The molecule has 2 atom stereocenters. The molecule has 21 heavy (non-hydrogen) atoms. The molecule has 1 aliphatic carbocycles. The van der Waals surface area contributed by atoms with Crippen LogP contribution >= 0.6 is 0 Å². The highest BCUT2D eigenvalue weighted by Crippen LogP contribution is 2.30. The Morgan fingerprint density at radius 3 is 2.95 bits per heavy atom. The highest BCUT2D eigenvalue weighted by Gasteiger charge is 2.25. The van der Waals surface area contributed by atoms with Crippen molar-refractivity contribution in [3.8, 4) is 0 Å². The SMILES string of the molecule is O=c1[nH]c(CNCC2CCCC2CO)nc2ccccc12. The van der Waals surface area contributed by atoms with Crippen LogP contribution in [0.2, 0.25) is 0 Å². The third kappa shape index (κ3) is 3.14. The summed E-state index contributed by atoms with van der Waals surface area (Å²) in [5.41, 5.74) is 0.638. The van der Waals surface area contributed by atoms with Crippen molar-refractivity contribution in [3.63, 3.8) is 0 Å². The zero-order valence-corrected chi connectivity index (χ0v) is 12.0. The second-order valence-corrected chi connectivity index (χ2v) is 5.79. The van der Waals surface area contributed by atoms with Crippen LogP contribution < -0.4 is 10.9 Å². The van der Waals surface area contributed by atoms with Gasteiger partial charge in [-0.2, -0.15) is 0 Å². The molecule has 1 fully saturated rings. The average Bonchev–Trinajstić information content (AvgIpc) is 2.95. The summed E-state index contributed by atoms with van der Waals surface area (Å²) in [6.07, 6.45) is 3.48. The smallest absolute Gasteiger partial charge is 0.258 e. The molecule has 0 radical (unpaired) electrons. The molecule has 0 aliphatic heterocycles. The Kier molecular flexibility index (Phi) is 4.31. The molecule has 1 saturated carbocycles. The molecule has 112 valence electrons. The molecule has 1 aromatic heterocycles. The van der Waals surface area contributed by atoms with Crippen LogP contribution in [-0.2, 0) is 6.54 Å². The lowest BCUT2D eigenvalue weighted by Gasteiger charge is -2.17. The van der Waals surface area contributed by atoms with Gasteiger partial charge in [0.15, 0.2) is 0 Å². The zero-order chi connectivity index (χ0) is 14.7. The number of rotatable bonds is 5. The molecule has 5 heteroatoms. The molecule has 3 rings (SSSR count). The van der Waals surface area contributed by atoms with Crippen LogP contribution in [0.4, 0.5) is 0 Å². The van der Waals surface area contributed by atoms with E-state index < -0.39 is 0 Å². The number of aromatic amines is 1. The molecule has 2 aromatic rings. The third-order valence-corrected chi connectivity index (χ3v) is 4.41. The number of benzene rings is 1. The van der Waals surface area contributed by atoms with Gasteiger partial charge < -0.3 is 15.4 Å². The van der Waals surface area contributed by atoms with Crippen LogP contribution in [0, 0.1) is 11.8 Å². The van der Waals surface area contributed by atoms with Gasteiger partial charge >= 0.3 is 0 Å². The number of nitrogens with zero attached hydrogens (tertiary/aromatic N) is 1. The minimum Gasteiger partial charge on any atom is -0.396 e. The number of aliphatic hydroxyl groups is 1. The number of H-pyrrole nitrogens is 1. The van der Waals surface area contributed by atoms with Crippen molar-refractivity contribution in [2.45, 2.75) is 25.8 Å². The van der Waals surface area contributed by atoms with E-state index in [9.17, 15) is 9.90 Å². The Bertz CT molecular complexity index is 668. The predicted octanol–water partition coefficient (Wildman–Crippen LogP) is 1.42. The quantitative estimate of drug-likeness (QED) is 0.777. The summed E-state index contributed by atoms with van der Waals surface area (Å²) in [4.78, 5) is 19.3. The predicted molar refractivity (Wildman–Crippen MR) is 82.0 cm³/mol. The lowest BCUT2D eigenvalue weighted by molar-refractivity contribution is 0.192. The lowest BCUT2D eigenvalue weighted by Crippen LogP contribution is -2.28. The number of fused-ring (bicyclic) bond motifs is 1. The van der Waals surface area contributed by atoms with E-state index in [4.69, 9.17) is 0 Å². The maximum atomic E-state index is 12.0. The summed E-state index contributed by atoms with van der Waals surface area (Å²) in [5, 5.41) is 13.3. The molecule has 1 aliphatic rings. The average molecular weight is 287 g/mol. The summed E-state index contributed by atoms with van der Waals surface area (Å²) in [5.74, 6) is 1.61. The Morgan fingerprint density at radius 1 is 1.29 bits per heavy atom. The fraction of sp³-hybridized carbons (Fsp3) is 0.500. The molecule has 1 aromatic carbocycles. The van der Waals surface area contributed by atoms with Gasteiger partial charge in [0, 0.05) is 6.61 Å². The van der Waals surface area contributed by atoms with E-state index >= 15 is 0 Å². The molecule has 0 saturated heterocycles. The van der Waals surface area contributed by atoms with Crippen molar-refractivity contribution < 1.29 is 5.11 Å². The fourth-order valence-electron chi connectivity index (χ4n) is 3.22. The van der Waals surface area contributed by atoms with Crippen LogP contribution in [0.1, 0.15) is 25.1 Å². The molecule has 5 nitrogen and oxygen atoms in total. The van der Waals surface area contributed by atoms with Gasteiger partial charge in [0.1, 0.15) is 5.82 Å². The highest BCUT2D eigenvalue weighted by atomic mass is 16.3. The van der Waals surface area contributed by atoms with Gasteiger partial charge in [-0.25, -0.2) is 4.98 Å². The molecular formula is C16H21N3O2. The van der Waals surface area contributed by atoms with E-state index in [0.29, 0.717) is 29.6 Å². The van der Waals surface area contributed by atoms with E-state index in [1.807, 2.05) is 18.2 Å². The monoisotopic (exact) mass is 287 g/mol. The Labute approximate surface area is 123 Å². The number of para-hydroxylation sites is 1. The van der Waals surface area contributed by atoms with Gasteiger partial charge in [-0.1, -0.05) is 18.6 Å². The highest BCUT2D eigenvalue weighted by molar-refractivity contribution is 5.77. The standard InChI is InChI=1S/C16H21N3O2/c20-10-12-5-3-4-11(12)8-17-9-15-18-14-7-2-1-6-13(14)16(21)19-15/h1-2,6-7,11-12,17,20H,3-5,8-10H2,(H,18,19,21). The summed E-state index contributed by atoms with van der Waals surface area (Å²) in [7, 11) is 0. The van der Waals surface area contributed by atoms with Gasteiger partial charge in [0.2, 0.25) is 0 Å². The van der Waals surface area contributed by atoms with E-state index in [1.54, 1.807) is 6.07 Å². The van der Waals surface area contributed by atoms with E-state index in [2.05, 4.69) is 15.3 Å². The van der Waals surface area contributed by atoms with Gasteiger partial charge in [-0.15, -0.1) is 0 Å². The summed E-state index contributed by atoms with van der Waals surface area (Å²) in [6, 6.07) is 7.36. The van der Waals surface area contributed by atoms with Crippen molar-refractivity contribution in [1.82, 2.24) is 15.3 Å². The van der Waals surface area contributed by atoms with Crippen molar-refractivity contribution >= 4 is 10.9 Å². The molecule has 0 bridgehead atoms. The van der Waals surface area contributed by atoms with Gasteiger partial charge in [-0.05, 0) is 43.4 Å². The number of hydrogen-bond acceptors (Lipinski definition) is 4. The maximum Gasteiger partial charge on any atom is 0.258 e. The maximum absolute atomic E-state index is 12.0. The normalized spacial score (nSPS) is 22.0. The first-order chi connectivity index (χ1) is 10.3. The number of hydrogen-bond donors (Lipinski definition) is 3. The van der Waals surface area contributed by atoms with Crippen LogP contribution in [0.25, 0.3) is 10.9 Å². The number of aliphatic hydroxyl groups excluding tert-OH is 1. The van der Waals surface area contributed by atoms with Crippen LogP contribution in [0.5, 0.6) is 0 Å². The number of nitrogens with one attached hydrogen (secondary N) is 2. The summed E-state index contributed by atoms with van der Waals surface area (Å²) >= 11 is 0. The first-order valence-corrected chi connectivity index (χ1v) is 7.57.